The highest BCUT2D eigenvalue weighted by Gasteiger charge is 2.31. The first-order valence-corrected chi connectivity index (χ1v) is 9.07. The molecule has 0 atom stereocenters. The molecule has 1 heterocycles. The number of rotatable bonds is 4. The standard InChI is InChI=1S/C19H13BrClNO5/c1-2-22(18(24)19(25)26)15-13-9-11(20)5-8-14(13)27-17(15)16(23)10-3-6-12(21)7-4-10/h3-9H,2H2,1H3,(H,25,26). The summed E-state index contributed by atoms with van der Waals surface area (Å²) >= 11 is 9.21. The lowest BCUT2D eigenvalue weighted by molar-refractivity contribution is -0.148. The van der Waals surface area contributed by atoms with Gasteiger partial charge in [0.25, 0.3) is 0 Å². The van der Waals surface area contributed by atoms with Gasteiger partial charge in [-0.3, -0.25) is 14.5 Å². The van der Waals surface area contributed by atoms with Crippen molar-refractivity contribution in [2.75, 3.05) is 11.4 Å². The summed E-state index contributed by atoms with van der Waals surface area (Å²) in [5, 5.41) is 10.1. The van der Waals surface area contributed by atoms with Crippen LogP contribution in [0.5, 0.6) is 0 Å². The molecular formula is C19H13BrClNO5. The molecular weight excluding hydrogens is 438 g/mol. The number of aliphatic carboxylic acids is 1. The topological polar surface area (TPSA) is 87.8 Å². The summed E-state index contributed by atoms with van der Waals surface area (Å²) in [6.45, 7) is 1.67. The lowest BCUT2D eigenvalue weighted by Gasteiger charge is -2.18. The molecule has 3 rings (SSSR count). The highest BCUT2D eigenvalue weighted by Crippen LogP contribution is 2.37. The van der Waals surface area contributed by atoms with E-state index in [-0.39, 0.29) is 18.0 Å². The molecule has 1 amide bonds. The molecule has 8 heteroatoms. The number of likely N-dealkylation sites (N-methyl/N-ethyl adjacent to an activating group) is 1. The number of carboxylic acid groups (broad SMARTS) is 1. The van der Waals surface area contributed by atoms with Crippen molar-refractivity contribution in [1.82, 2.24) is 0 Å². The predicted octanol–water partition coefficient (Wildman–Crippen LogP) is 4.52. The number of fused-ring (bicyclic) bond motifs is 1. The monoisotopic (exact) mass is 449 g/mol. The van der Waals surface area contributed by atoms with Gasteiger partial charge in [0.05, 0.1) is 0 Å². The molecule has 27 heavy (non-hydrogen) atoms. The molecule has 2 aromatic carbocycles. The van der Waals surface area contributed by atoms with E-state index in [4.69, 9.17) is 21.1 Å². The Morgan fingerprint density at radius 2 is 1.81 bits per heavy atom. The number of amides is 1. The third-order valence-electron chi connectivity index (χ3n) is 3.95. The molecule has 1 N–H and O–H groups in total. The largest absolute Gasteiger partial charge is 0.474 e. The van der Waals surface area contributed by atoms with Crippen molar-refractivity contribution in [3.05, 3.63) is 63.3 Å². The zero-order valence-electron chi connectivity index (χ0n) is 14.0. The molecule has 0 aliphatic heterocycles. The van der Waals surface area contributed by atoms with Gasteiger partial charge in [-0.05, 0) is 49.4 Å². The van der Waals surface area contributed by atoms with Crippen LogP contribution < -0.4 is 4.90 Å². The van der Waals surface area contributed by atoms with Crippen molar-refractivity contribution in [3.63, 3.8) is 0 Å². The molecule has 0 aliphatic rings. The quantitative estimate of drug-likeness (QED) is 0.466. The van der Waals surface area contributed by atoms with Gasteiger partial charge in [-0.15, -0.1) is 0 Å². The van der Waals surface area contributed by atoms with Crippen molar-refractivity contribution in [2.45, 2.75) is 6.92 Å². The van der Waals surface area contributed by atoms with Gasteiger partial charge in [0.1, 0.15) is 11.3 Å². The van der Waals surface area contributed by atoms with Gasteiger partial charge in [-0.1, -0.05) is 27.5 Å². The maximum atomic E-state index is 13.0. The molecule has 0 radical (unpaired) electrons. The van der Waals surface area contributed by atoms with E-state index in [0.717, 1.165) is 4.90 Å². The van der Waals surface area contributed by atoms with Crippen molar-refractivity contribution in [3.8, 4) is 0 Å². The van der Waals surface area contributed by atoms with E-state index in [1.165, 1.54) is 12.1 Å². The maximum absolute atomic E-state index is 13.0. The van der Waals surface area contributed by atoms with Crippen LogP contribution in [-0.4, -0.2) is 29.3 Å². The number of carbonyl (C=O) groups excluding carboxylic acids is 2. The first kappa shape index (κ1) is 19.1. The third kappa shape index (κ3) is 3.61. The van der Waals surface area contributed by atoms with Crippen LogP contribution in [0.4, 0.5) is 5.69 Å². The summed E-state index contributed by atoms with van der Waals surface area (Å²) < 4.78 is 6.42. The number of benzene rings is 2. The molecule has 6 nitrogen and oxygen atoms in total. The molecule has 0 saturated heterocycles. The fourth-order valence-electron chi connectivity index (χ4n) is 2.73. The van der Waals surface area contributed by atoms with Crippen LogP contribution in [0.25, 0.3) is 11.0 Å². The molecule has 3 aromatic rings. The second kappa shape index (κ2) is 7.54. The van der Waals surface area contributed by atoms with E-state index in [1.54, 1.807) is 37.3 Å². The Bertz CT molecular complexity index is 1060. The van der Waals surface area contributed by atoms with E-state index in [9.17, 15) is 14.4 Å². The van der Waals surface area contributed by atoms with Crippen molar-refractivity contribution >= 4 is 61.8 Å². The van der Waals surface area contributed by atoms with Crippen molar-refractivity contribution < 1.29 is 23.9 Å². The molecule has 0 spiro atoms. The Morgan fingerprint density at radius 3 is 2.41 bits per heavy atom. The first-order valence-electron chi connectivity index (χ1n) is 7.90. The van der Waals surface area contributed by atoms with Crippen LogP contribution in [0.1, 0.15) is 23.0 Å². The van der Waals surface area contributed by atoms with Crippen LogP contribution in [0.15, 0.2) is 51.4 Å². The van der Waals surface area contributed by atoms with Gasteiger partial charge >= 0.3 is 11.9 Å². The van der Waals surface area contributed by atoms with Gasteiger partial charge < -0.3 is 9.52 Å². The Balaban J connectivity index is 2.25. The normalized spacial score (nSPS) is 10.8. The number of nitrogens with zero attached hydrogens (tertiary/aromatic N) is 1. The molecule has 0 aliphatic carbocycles. The average Bonchev–Trinajstić information content (AvgIpc) is 3.01. The number of ketones is 1. The van der Waals surface area contributed by atoms with Gasteiger partial charge in [-0.25, -0.2) is 4.79 Å². The van der Waals surface area contributed by atoms with Crippen LogP contribution in [0.3, 0.4) is 0 Å². The minimum atomic E-state index is -1.62. The summed E-state index contributed by atoms with van der Waals surface area (Å²) in [5.74, 6) is -3.36. The second-order valence-electron chi connectivity index (χ2n) is 5.61. The number of furan rings is 1. The molecule has 1 aromatic heterocycles. The molecule has 0 unspecified atom stereocenters. The third-order valence-corrected chi connectivity index (χ3v) is 4.70. The SMILES string of the molecule is CCN(C(=O)C(=O)O)c1c(C(=O)c2ccc(Cl)cc2)oc2ccc(Br)cc12. The Morgan fingerprint density at radius 1 is 1.15 bits per heavy atom. The number of carboxylic acids is 1. The number of halogens is 2. The lowest BCUT2D eigenvalue weighted by Crippen LogP contribution is -2.37. The Kier molecular flexibility index (Phi) is 5.34. The van der Waals surface area contributed by atoms with Gasteiger partial charge in [-0.2, -0.15) is 0 Å². The molecule has 0 fully saturated rings. The van der Waals surface area contributed by atoms with E-state index in [0.29, 0.717) is 26.0 Å². The minimum Gasteiger partial charge on any atom is -0.474 e. The van der Waals surface area contributed by atoms with Crippen molar-refractivity contribution in [2.24, 2.45) is 0 Å². The zero-order chi connectivity index (χ0) is 19.7. The van der Waals surface area contributed by atoms with E-state index in [1.807, 2.05) is 0 Å². The summed E-state index contributed by atoms with van der Waals surface area (Å²) in [4.78, 5) is 37.5. The molecule has 138 valence electrons. The summed E-state index contributed by atoms with van der Waals surface area (Å²) in [5.41, 5.74) is 0.793. The Hall–Kier alpha value is -2.64. The zero-order valence-corrected chi connectivity index (χ0v) is 16.4. The van der Waals surface area contributed by atoms with Crippen LogP contribution in [0, 0.1) is 0 Å². The summed E-state index contributed by atoms with van der Waals surface area (Å²) in [6.07, 6.45) is 0. The molecule has 0 saturated carbocycles. The highest BCUT2D eigenvalue weighted by atomic mass is 79.9. The van der Waals surface area contributed by atoms with E-state index in [2.05, 4.69) is 15.9 Å². The number of hydrogen-bond acceptors (Lipinski definition) is 4. The smallest absolute Gasteiger partial charge is 0.394 e. The summed E-state index contributed by atoms with van der Waals surface area (Å²) in [7, 11) is 0. The fourth-order valence-corrected chi connectivity index (χ4v) is 3.22. The van der Waals surface area contributed by atoms with Gasteiger partial charge in [0.2, 0.25) is 5.78 Å². The second-order valence-corrected chi connectivity index (χ2v) is 6.96. The number of hydrogen-bond donors (Lipinski definition) is 1. The minimum absolute atomic E-state index is 0.0488. The number of carbonyl (C=O) groups is 3. The molecule has 0 bridgehead atoms. The first-order chi connectivity index (χ1) is 12.8. The van der Waals surface area contributed by atoms with Crippen LogP contribution >= 0.6 is 27.5 Å². The van der Waals surface area contributed by atoms with E-state index >= 15 is 0 Å². The van der Waals surface area contributed by atoms with E-state index < -0.39 is 17.7 Å². The van der Waals surface area contributed by atoms with Crippen molar-refractivity contribution in [1.29, 1.82) is 0 Å². The predicted molar refractivity (Wildman–Crippen MR) is 104 cm³/mol. The van der Waals surface area contributed by atoms with Crippen LogP contribution in [-0.2, 0) is 9.59 Å². The highest BCUT2D eigenvalue weighted by molar-refractivity contribution is 9.10. The summed E-state index contributed by atoms with van der Waals surface area (Å²) in [6, 6.07) is 11.2. The average molecular weight is 451 g/mol. The van der Waals surface area contributed by atoms with Gasteiger partial charge in [0.15, 0.2) is 5.76 Å². The lowest BCUT2D eigenvalue weighted by atomic mass is 10.1. The maximum Gasteiger partial charge on any atom is 0.394 e. The van der Waals surface area contributed by atoms with Crippen LogP contribution in [0.2, 0.25) is 5.02 Å². The van der Waals surface area contributed by atoms with Gasteiger partial charge in [0, 0.05) is 27.0 Å². The number of anilines is 1. The Labute approximate surface area is 167 Å². The fraction of sp³-hybridized carbons (Fsp3) is 0.105.